The normalized spacial score (nSPS) is 15.2. The summed E-state index contributed by atoms with van der Waals surface area (Å²) in [7, 11) is 0. The van der Waals surface area contributed by atoms with Gasteiger partial charge in [-0.25, -0.2) is 0 Å². The summed E-state index contributed by atoms with van der Waals surface area (Å²) < 4.78 is 5.50. The van der Waals surface area contributed by atoms with Crippen molar-refractivity contribution in [2.75, 3.05) is 6.61 Å². The molecule has 0 saturated heterocycles. The first-order valence-corrected chi connectivity index (χ1v) is 4.63. The van der Waals surface area contributed by atoms with Gasteiger partial charge >= 0.3 is 0 Å². The average molecular weight is 174 g/mol. The maximum absolute atomic E-state index is 9.20. The fraction of sp³-hybridized carbons (Fsp3) is 1.00. The molecule has 2 nitrogen and oxygen atoms in total. The van der Waals surface area contributed by atoms with Gasteiger partial charge in [-0.2, -0.15) is 0 Å². The van der Waals surface area contributed by atoms with Crippen LogP contribution < -0.4 is 0 Å². The lowest BCUT2D eigenvalue weighted by Crippen LogP contribution is -2.25. The molecule has 1 atom stereocenters. The number of ether oxygens (including phenoxy) is 1. The molecule has 0 aliphatic heterocycles. The highest BCUT2D eigenvalue weighted by Crippen LogP contribution is 2.23. The predicted octanol–water partition coefficient (Wildman–Crippen LogP) is 2.21. The summed E-state index contributed by atoms with van der Waals surface area (Å²) in [4.78, 5) is 0. The van der Waals surface area contributed by atoms with Gasteiger partial charge in [-0.3, -0.25) is 0 Å². The Labute approximate surface area is 75.9 Å². The minimum absolute atomic E-state index is 0.0818. The molecule has 0 rings (SSSR count). The Bertz CT molecular complexity index is 117. The monoisotopic (exact) mass is 174 g/mol. The molecule has 1 unspecified atom stereocenters. The zero-order chi connectivity index (χ0) is 9.78. The van der Waals surface area contributed by atoms with E-state index in [0.29, 0.717) is 0 Å². The summed E-state index contributed by atoms with van der Waals surface area (Å²) in [5.74, 6) is 0. The minimum atomic E-state index is -0.240. The van der Waals surface area contributed by atoms with Crippen LogP contribution in [0.1, 0.15) is 41.0 Å². The molecule has 0 bridgehead atoms. The van der Waals surface area contributed by atoms with Gasteiger partial charge in [0.2, 0.25) is 0 Å². The lowest BCUT2D eigenvalue weighted by atomic mass is 9.88. The van der Waals surface area contributed by atoms with E-state index in [1.165, 1.54) is 0 Å². The third-order valence-corrected chi connectivity index (χ3v) is 1.66. The van der Waals surface area contributed by atoms with Crippen molar-refractivity contribution in [3.63, 3.8) is 0 Å². The van der Waals surface area contributed by atoms with Crippen LogP contribution in [0.25, 0.3) is 0 Å². The number of hydrogen-bond donors (Lipinski definition) is 1. The van der Waals surface area contributed by atoms with Crippen LogP contribution in [0.15, 0.2) is 0 Å². The van der Waals surface area contributed by atoms with Gasteiger partial charge in [-0.05, 0) is 32.6 Å². The fourth-order valence-electron chi connectivity index (χ4n) is 1.25. The third-order valence-electron chi connectivity index (χ3n) is 1.66. The summed E-state index contributed by atoms with van der Waals surface area (Å²) in [5.41, 5.74) is 0.0818. The van der Waals surface area contributed by atoms with Crippen molar-refractivity contribution in [1.82, 2.24) is 0 Å². The van der Waals surface area contributed by atoms with Crippen LogP contribution in [0.3, 0.4) is 0 Å². The van der Waals surface area contributed by atoms with E-state index >= 15 is 0 Å². The molecular formula is C10H22O2. The standard InChI is InChI=1S/C10H22O2/c1-8(2)12-7-10(4,5)6-9(3)11/h8-9,11H,6-7H2,1-5H3. The van der Waals surface area contributed by atoms with Crippen LogP contribution in [0.4, 0.5) is 0 Å². The van der Waals surface area contributed by atoms with Crippen molar-refractivity contribution in [2.24, 2.45) is 5.41 Å². The van der Waals surface area contributed by atoms with Crippen molar-refractivity contribution >= 4 is 0 Å². The minimum Gasteiger partial charge on any atom is -0.393 e. The van der Waals surface area contributed by atoms with Crippen LogP contribution in [0.5, 0.6) is 0 Å². The molecule has 0 fully saturated rings. The second-order valence-corrected chi connectivity index (χ2v) is 4.58. The smallest absolute Gasteiger partial charge is 0.0521 e. The Morgan fingerprint density at radius 3 is 2.08 bits per heavy atom. The largest absolute Gasteiger partial charge is 0.393 e. The molecule has 0 amide bonds. The second kappa shape index (κ2) is 4.83. The summed E-state index contributed by atoms with van der Waals surface area (Å²) in [6, 6.07) is 0. The number of aliphatic hydroxyl groups is 1. The highest BCUT2D eigenvalue weighted by molar-refractivity contribution is 4.70. The molecule has 0 saturated carbocycles. The predicted molar refractivity (Wildman–Crippen MR) is 51.2 cm³/mol. The Kier molecular flexibility index (Phi) is 4.80. The van der Waals surface area contributed by atoms with Crippen molar-refractivity contribution in [3.8, 4) is 0 Å². The van der Waals surface area contributed by atoms with Crippen molar-refractivity contribution < 1.29 is 9.84 Å². The zero-order valence-electron chi connectivity index (χ0n) is 8.92. The van der Waals surface area contributed by atoms with E-state index in [1.807, 2.05) is 20.8 Å². The van der Waals surface area contributed by atoms with E-state index in [2.05, 4.69) is 13.8 Å². The van der Waals surface area contributed by atoms with Gasteiger partial charge in [0.1, 0.15) is 0 Å². The molecule has 0 radical (unpaired) electrons. The molecule has 0 aromatic carbocycles. The molecule has 2 heteroatoms. The summed E-state index contributed by atoms with van der Waals surface area (Å²) in [6.45, 7) is 10.8. The summed E-state index contributed by atoms with van der Waals surface area (Å²) in [6.07, 6.45) is 0.828. The van der Waals surface area contributed by atoms with Crippen molar-refractivity contribution in [3.05, 3.63) is 0 Å². The number of aliphatic hydroxyl groups excluding tert-OH is 1. The maximum Gasteiger partial charge on any atom is 0.0521 e. The molecule has 0 heterocycles. The van der Waals surface area contributed by atoms with Crippen LogP contribution >= 0.6 is 0 Å². The molecule has 0 aromatic rings. The second-order valence-electron chi connectivity index (χ2n) is 4.58. The third kappa shape index (κ3) is 6.62. The van der Waals surface area contributed by atoms with E-state index in [4.69, 9.17) is 4.74 Å². The Balaban J connectivity index is 3.71. The van der Waals surface area contributed by atoms with Crippen LogP contribution in [-0.2, 0) is 4.74 Å². The SMILES string of the molecule is CC(O)CC(C)(C)COC(C)C. The molecule has 0 aliphatic rings. The average Bonchev–Trinajstić information content (AvgIpc) is 1.81. The first-order chi connectivity index (χ1) is 5.33. The van der Waals surface area contributed by atoms with Gasteiger partial charge in [0.05, 0.1) is 18.8 Å². The molecule has 12 heavy (non-hydrogen) atoms. The van der Waals surface area contributed by atoms with E-state index in [9.17, 15) is 5.11 Å². The molecule has 0 spiro atoms. The number of rotatable bonds is 5. The van der Waals surface area contributed by atoms with Gasteiger partial charge in [0, 0.05) is 0 Å². The van der Waals surface area contributed by atoms with Crippen LogP contribution in [-0.4, -0.2) is 23.9 Å². The topological polar surface area (TPSA) is 29.5 Å². The lowest BCUT2D eigenvalue weighted by molar-refractivity contribution is 0.00122. The van der Waals surface area contributed by atoms with E-state index in [0.717, 1.165) is 13.0 Å². The van der Waals surface area contributed by atoms with E-state index in [-0.39, 0.29) is 17.6 Å². The number of hydrogen-bond acceptors (Lipinski definition) is 2. The van der Waals surface area contributed by atoms with E-state index in [1.54, 1.807) is 0 Å². The van der Waals surface area contributed by atoms with Gasteiger partial charge in [-0.1, -0.05) is 13.8 Å². The van der Waals surface area contributed by atoms with Crippen molar-refractivity contribution in [1.29, 1.82) is 0 Å². The van der Waals surface area contributed by atoms with Gasteiger partial charge in [0.15, 0.2) is 0 Å². The molecule has 1 N–H and O–H groups in total. The van der Waals surface area contributed by atoms with Gasteiger partial charge < -0.3 is 9.84 Å². The van der Waals surface area contributed by atoms with Crippen molar-refractivity contribution in [2.45, 2.75) is 53.2 Å². The van der Waals surface area contributed by atoms with Crippen LogP contribution in [0, 0.1) is 5.41 Å². The van der Waals surface area contributed by atoms with E-state index < -0.39 is 0 Å². The summed E-state index contributed by atoms with van der Waals surface area (Å²) in [5, 5.41) is 9.20. The summed E-state index contributed by atoms with van der Waals surface area (Å²) >= 11 is 0. The van der Waals surface area contributed by atoms with Gasteiger partial charge in [0.25, 0.3) is 0 Å². The quantitative estimate of drug-likeness (QED) is 0.692. The maximum atomic E-state index is 9.20. The Hall–Kier alpha value is -0.0800. The highest BCUT2D eigenvalue weighted by atomic mass is 16.5. The lowest BCUT2D eigenvalue weighted by Gasteiger charge is -2.26. The zero-order valence-corrected chi connectivity index (χ0v) is 8.92. The first kappa shape index (κ1) is 11.9. The molecule has 74 valence electrons. The first-order valence-electron chi connectivity index (χ1n) is 4.63. The molecular weight excluding hydrogens is 152 g/mol. The van der Waals surface area contributed by atoms with Crippen LogP contribution in [0.2, 0.25) is 0 Å². The molecule has 0 aromatic heterocycles. The van der Waals surface area contributed by atoms with Gasteiger partial charge in [-0.15, -0.1) is 0 Å². The Morgan fingerprint density at radius 1 is 1.25 bits per heavy atom. The highest BCUT2D eigenvalue weighted by Gasteiger charge is 2.20. The molecule has 0 aliphatic carbocycles. The Morgan fingerprint density at radius 2 is 1.75 bits per heavy atom. The fourth-order valence-corrected chi connectivity index (χ4v) is 1.25.